The average Bonchev–Trinajstić information content (AvgIpc) is 2.29. The Morgan fingerprint density at radius 2 is 2.25 bits per heavy atom. The molecular formula is C13H18N2O. The van der Waals surface area contributed by atoms with Crippen LogP contribution in [0.1, 0.15) is 25.3 Å². The maximum atomic E-state index is 8.71. The SMILES string of the molecule is CCC(CC#N)Nc1cc(C)ccc1OC. The lowest BCUT2D eigenvalue weighted by molar-refractivity contribution is 0.415. The van der Waals surface area contributed by atoms with Crippen LogP contribution in [0.4, 0.5) is 5.69 Å². The molecule has 0 aliphatic rings. The van der Waals surface area contributed by atoms with Gasteiger partial charge in [-0.2, -0.15) is 5.26 Å². The Morgan fingerprint density at radius 3 is 2.81 bits per heavy atom. The van der Waals surface area contributed by atoms with Crippen molar-refractivity contribution in [1.29, 1.82) is 5.26 Å². The summed E-state index contributed by atoms with van der Waals surface area (Å²) in [5, 5.41) is 12.0. The number of hydrogen-bond donors (Lipinski definition) is 1. The molecule has 1 aromatic carbocycles. The van der Waals surface area contributed by atoms with Crippen LogP contribution in [0.25, 0.3) is 0 Å². The van der Waals surface area contributed by atoms with E-state index in [1.807, 2.05) is 25.1 Å². The summed E-state index contributed by atoms with van der Waals surface area (Å²) in [5.74, 6) is 0.821. The van der Waals surface area contributed by atoms with E-state index in [9.17, 15) is 0 Å². The Balaban J connectivity index is 2.85. The molecule has 0 spiro atoms. The van der Waals surface area contributed by atoms with E-state index >= 15 is 0 Å². The fourth-order valence-electron chi connectivity index (χ4n) is 1.56. The fraction of sp³-hybridized carbons (Fsp3) is 0.462. The standard InChI is InChI=1S/C13H18N2O/c1-4-11(7-8-14)15-12-9-10(2)5-6-13(12)16-3/h5-6,9,11,15H,4,7H2,1-3H3. The Bertz CT molecular complexity index is 382. The predicted octanol–water partition coefficient (Wildman–Crippen LogP) is 3.11. The molecule has 1 unspecified atom stereocenters. The molecule has 0 aliphatic carbocycles. The monoisotopic (exact) mass is 218 g/mol. The minimum absolute atomic E-state index is 0.181. The zero-order chi connectivity index (χ0) is 12.0. The van der Waals surface area contributed by atoms with Gasteiger partial charge in [0.1, 0.15) is 5.75 Å². The van der Waals surface area contributed by atoms with Gasteiger partial charge in [0.15, 0.2) is 0 Å². The van der Waals surface area contributed by atoms with Gasteiger partial charge < -0.3 is 10.1 Å². The first-order chi connectivity index (χ1) is 7.71. The van der Waals surface area contributed by atoms with Gasteiger partial charge in [0, 0.05) is 6.04 Å². The molecule has 3 nitrogen and oxygen atoms in total. The maximum absolute atomic E-state index is 8.71. The zero-order valence-electron chi connectivity index (χ0n) is 10.1. The van der Waals surface area contributed by atoms with E-state index in [1.54, 1.807) is 7.11 Å². The fourth-order valence-corrected chi connectivity index (χ4v) is 1.56. The van der Waals surface area contributed by atoms with E-state index in [0.717, 1.165) is 17.9 Å². The molecule has 86 valence electrons. The smallest absolute Gasteiger partial charge is 0.141 e. The van der Waals surface area contributed by atoms with Crippen molar-refractivity contribution >= 4 is 5.69 Å². The van der Waals surface area contributed by atoms with Gasteiger partial charge in [-0.25, -0.2) is 0 Å². The van der Waals surface area contributed by atoms with Crippen molar-refractivity contribution < 1.29 is 4.74 Å². The van der Waals surface area contributed by atoms with Crippen LogP contribution in [-0.2, 0) is 0 Å². The van der Waals surface area contributed by atoms with Crippen molar-refractivity contribution in [3.05, 3.63) is 23.8 Å². The number of nitrogens with one attached hydrogen (secondary N) is 1. The molecule has 0 radical (unpaired) electrons. The summed E-state index contributed by atoms with van der Waals surface area (Å²) in [4.78, 5) is 0. The number of ether oxygens (including phenoxy) is 1. The Hall–Kier alpha value is -1.69. The molecule has 0 heterocycles. The highest BCUT2D eigenvalue weighted by atomic mass is 16.5. The van der Waals surface area contributed by atoms with E-state index in [-0.39, 0.29) is 6.04 Å². The van der Waals surface area contributed by atoms with Crippen molar-refractivity contribution in [1.82, 2.24) is 0 Å². The van der Waals surface area contributed by atoms with Crippen LogP contribution in [0.2, 0.25) is 0 Å². The average molecular weight is 218 g/mol. The summed E-state index contributed by atoms with van der Waals surface area (Å²) in [7, 11) is 1.65. The third-order valence-corrected chi connectivity index (χ3v) is 2.55. The minimum atomic E-state index is 0.181. The summed E-state index contributed by atoms with van der Waals surface area (Å²) < 4.78 is 5.28. The van der Waals surface area contributed by atoms with Gasteiger partial charge in [-0.15, -0.1) is 0 Å². The molecule has 1 N–H and O–H groups in total. The van der Waals surface area contributed by atoms with Crippen LogP contribution in [0, 0.1) is 18.3 Å². The van der Waals surface area contributed by atoms with Gasteiger partial charge in [0.2, 0.25) is 0 Å². The Morgan fingerprint density at radius 1 is 1.50 bits per heavy atom. The van der Waals surface area contributed by atoms with Gasteiger partial charge in [0.25, 0.3) is 0 Å². The number of benzene rings is 1. The molecule has 0 bridgehead atoms. The first-order valence-electron chi connectivity index (χ1n) is 5.49. The second-order valence-electron chi connectivity index (χ2n) is 3.82. The summed E-state index contributed by atoms with van der Waals surface area (Å²) in [6.07, 6.45) is 1.43. The van der Waals surface area contributed by atoms with Crippen LogP contribution >= 0.6 is 0 Å². The molecule has 16 heavy (non-hydrogen) atoms. The van der Waals surface area contributed by atoms with Gasteiger partial charge in [0.05, 0.1) is 25.3 Å². The molecule has 0 saturated carbocycles. The molecular weight excluding hydrogens is 200 g/mol. The van der Waals surface area contributed by atoms with Crippen molar-refractivity contribution in [2.45, 2.75) is 32.7 Å². The number of nitrogens with zero attached hydrogens (tertiary/aromatic N) is 1. The molecule has 0 aromatic heterocycles. The van der Waals surface area contributed by atoms with Gasteiger partial charge >= 0.3 is 0 Å². The number of aryl methyl sites for hydroxylation is 1. The van der Waals surface area contributed by atoms with E-state index < -0.39 is 0 Å². The molecule has 0 aliphatic heterocycles. The van der Waals surface area contributed by atoms with Crippen molar-refractivity contribution in [3.63, 3.8) is 0 Å². The maximum Gasteiger partial charge on any atom is 0.141 e. The number of methoxy groups -OCH3 is 1. The second-order valence-corrected chi connectivity index (χ2v) is 3.82. The lowest BCUT2D eigenvalue weighted by atomic mass is 10.1. The highest BCUT2D eigenvalue weighted by Gasteiger charge is 2.09. The lowest BCUT2D eigenvalue weighted by Crippen LogP contribution is -2.18. The van der Waals surface area contributed by atoms with Crippen LogP contribution < -0.4 is 10.1 Å². The highest BCUT2D eigenvalue weighted by molar-refractivity contribution is 5.58. The summed E-state index contributed by atoms with van der Waals surface area (Å²) >= 11 is 0. The molecule has 0 amide bonds. The van der Waals surface area contributed by atoms with Gasteiger partial charge in [-0.1, -0.05) is 13.0 Å². The van der Waals surface area contributed by atoms with Crippen LogP contribution in [0.5, 0.6) is 5.75 Å². The number of rotatable bonds is 5. The van der Waals surface area contributed by atoms with E-state index in [2.05, 4.69) is 18.3 Å². The van der Waals surface area contributed by atoms with Crippen LogP contribution in [0.3, 0.4) is 0 Å². The molecule has 1 aromatic rings. The number of hydrogen-bond acceptors (Lipinski definition) is 3. The summed E-state index contributed by atoms with van der Waals surface area (Å²) in [6, 6.07) is 8.36. The minimum Gasteiger partial charge on any atom is -0.495 e. The number of anilines is 1. The van der Waals surface area contributed by atoms with Crippen molar-refractivity contribution in [2.75, 3.05) is 12.4 Å². The molecule has 0 fully saturated rings. The van der Waals surface area contributed by atoms with Gasteiger partial charge in [-0.05, 0) is 31.0 Å². The molecule has 1 rings (SSSR count). The van der Waals surface area contributed by atoms with Crippen molar-refractivity contribution in [2.24, 2.45) is 0 Å². The third-order valence-electron chi connectivity index (χ3n) is 2.55. The van der Waals surface area contributed by atoms with E-state index in [0.29, 0.717) is 6.42 Å². The summed E-state index contributed by atoms with van der Waals surface area (Å²) in [5.41, 5.74) is 2.14. The van der Waals surface area contributed by atoms with Gasteiger partial charge in [-0.3, -0.25) is 0 Å². The highest BCUT2D eigenvalue weighted by Crippen LogP contribution is 2.26. The first kappa shape index (κ1) is 12.4. The molecule has 3 heteroatoms. The predicted molar refractivity (Wildman–Crippen MR) is 65.7 cm³/mol. The van der Waals surface area contributed by atoms with Crippen LogP contribution in [-0.4, -0.2) is 13.2 Å². The quantitative estimate of drug-likeness (QED) is 0.826. The topological polar surface area (TPSA) is 45.0 Å². The van der Waals surface area contributed by atoms with E-state index in [1.165, 1.54) is 5.56 Å². The largest absolute Gasteiger partial charge is 0.495 e. The summed E-state index contributed by atoms with van der Waals surface area (Å²) in [6.45, 7) is 4.10. The Labute approximate surface area is 97.0 Å². The first-order valence-corrected chi connectivity index (χ1v) is 5.49. The Kier molecular flexibility index (Phi) is 4.65. The normalized spacial score (nSPS) is 11.6. The molecule has 0 saturated heterocycles. The van der Waals surface area contributed by atoms with Crippen molar-refractivity contribution in [3.8, 4) is 11.8 Å². The third kappa shape index (κ3) is 3.16. The lowest BCUT2D eigenvalue weighted by Gasteiger charge is -2.18. The second kappa shape index (κ2) is 6.02. The molecule has 1 atom stereocenters. The van der Waals surface area contributed by atoms with E-state index in [4.69, 9.17) is 10.00 Å². The van der Waals surface area contributed by atoms with Crippen LogP contribution in [0.15, 0.2) is 18.2 Å². The number of nitriles is 1. The zero-order valence-corrected chi connectivity index (χ0v) is 10.1.